The van der Waals surface area contributed by atoms with E-state index in [1.54, 1.807) is 0 Å². The highest BCUT2D eigenvalue weighted by molar-refractivity contribution is 5.02. The van der Waals surface area contributed by atoms with Crippen LogP contribution in [0.4, 0.5) is 0 Å². The predicted octanol–water partition coefficient (Wildman–Crippen LogP) is 5.98. The van der Waals surface area contributed by atoms with Crippen molar-refractivity contribution in [3.63, 3.8) is 0 Å². The Balaban J connectivity index is 1.66. The zero-order chi connectivity index (χ0) is 14.2. The maximum atomic E-state index is 3.83. The lowest BCUT2D eigenvalue weighted by Crippen LogP contribution is -2.25. The zero-order valence-corrected chi connectivity index (χ0v) is 13.4. The number of hydrogen-bond acceptors (Lipinski definition) is 0. The summed E-state index contributed by atoms with van der Waals surface area (Å²) in [7, 11) is 0. The summed E-state index contributed by atoms with van der Waals surface area (Å²) in [6.45, 7) is 5.81. The first-order chi connectivity index (χ1) is 9.83. The first kappa shape index (κ1) is 15.7. The Morgan fingerprint density at radius 3 is 2.10 bits per heavy atom. The second-order valence-corrected chi connectivity index (χ2v) is 7.01. The maximum absolute atomic E-state index is 3.83. The molecule has 0 atom stereocenters. The predicted molar refractivity (Wildman–Crippen MR) is 88.4 cm³/mol. The van der Waals surface area contributed by atoms with Gasteiger partial charge in [0.15, 0.2) is 0 Å². The lowest BCUT2D eigenvalue weighted by atomic mass is 9.69. The summed E-state index contributed by atoms with van der Waals surface area (Å²) in [5.74, 6) is 10.3. The molecule has 2 rings (SSSR count). The Labute approximate surface area is 126 Å². The Bertz CT molecular complexity index is 327. The van der Waals surface area contributed by atoms with Gasteiger partial charge in [0.2, 0.25) is 0 Å². The van der Waals surface area contributed by atoms with Crippen molar-refractivity contribution in [2.75, 3.05) is 0 Å². The molecule has 20 heavy (non-hydrogen) atoms. The van der Waals surface area contributed by atoms with Crippen molar-refractivity contribution >= 4 is 0 Å². The van der Waals surface area contributed by atoms with E-state index in [1.165, 1.54) is 70.6 Å². The minimum atomic E-state index is 0.714. The van der Waals surface area contributed by atoms with Crippen molar-refractivity contribution in [3.05, 3.63) is 12.7 Å². The molecule has 0 aromatic heterocycles. The van der Waals surface area contributed by atoms with Gasteiger partial charge in [-0.05, 0) is 76.0 Å². The van der Waals surface area contributed by atoms with Gasteiger partial charge in [-0.3, -0.25) is 0 Å². The van der Waals surface area contributed by atoms with Gasteiger partial charge in [0.25, 0.3) is 0 Å². The van der Waals surface area contributed by atoms with E-state index in [0.29, 0.717) is 5.92 Å². The lowest BCUT2D eigenvalue weighted by molar-refractivity contribution is 0.153. The van der Waals surface area contributed by atoms with Gasteiger partial charge in [0, 0.05) is 5.92 Å². The van der Waals surface area contributed by atoms with Crippen LogP contribution in [0.25, 0.3) is 0 Å². The molecule has 0 saturated heterocycles. The van der Waals surface area contributed by atoms with E-state index in [-0.39, 0.29) is 0 Å². The summed E-state index contributed by atoms with van der Waals surface area (Å²) in [5.41, 5.74) is 0. The summed E-state index contributed by atoms with van der Waals surface area (Å²) < 4.78 is 0. The number of allylic oxidation sites excluding steroid dienone is 1. The Morgan fingerprint density at radius 1 is 0.950 bits per heavy atom. The fourth-order valence-electron chi connectivity index (χ4n) is 4.44. The molecule has 0 spiro atoms. The molecular formula is C20H32. The standard InChI is InChI=1S/C20H32/c1-3-5-6-8-18-11-15-20(16-12-18)19-13-9-17(7-4-2)10-14-19/h3,17-20H,1,5-6,8-16H2,2H3. The molecule has 2 saturated carbocycles. The van der Waals surface area contributed by atoms with E-state index in [0.717, 1.165) is 17.8 Å². The highest BCUT2D eigenvalue weighted by Gasteiger charge is 2.30. The Morgan fingerprint density at radius 2 is 1.55 bits per heavy atom. The van der Waals surface area contributed by atoms with Crippen molar-refractivity contribution in [1.82, 2.24) is 0 Å². The van der Waals surface area contributed by atoms with Crippen LogP contribution in [0.2, 0.25) is 0 Å². The van der Waals surface area contributed by atoms with Crippen molar-refractivity contribution in [2.45, 2.75) is 77.6 Å². The van der Waals surface area contributed by atoms with Crippen LogP contribution in [0.15, 0.2) is 12.7 Å². The van der Waals surface area contributed by atoms with Gasteiger partial charge in [-0.2, -0.15) is 0 Å². The third kappa shape index (κ3) is 4.69. The third-order valence-corrected chi connectivity index (χ3v) is 5.70. The minimum Gasteiger partial charge on any atom is -0.106 e. The number of rotatable bonds is 5. The first-order valence-corrected chi connectivity index (χ1v) is 8.86. The van der Waals surface area contributed by atoms with Gasteiger partial charge < -0.3 is 0 Å². The van der Waals surface area contributed by atoms with Crippen molar-refractivity contribution < 1.29 is 0 Å². The molecule has 0 unspecified atom stereocenters. The van der Waals surface area contributed by atoms with E-state index in [9.17, 15) is 0 Å². The second kappa shape index (κ2) is 8.56. The average molecular weight is 272 g/mol. The molecule has 0 aromatic carbocycles. The van der Waals surface area contributed by atoms with E-state index >= 15 is 0 Å². The molecule has 0 heterocycles. The molecule has 0 heteroatoms. The second-order valence-electron chi connectivity index (χ2n) is 7.01. The minimum absolute atomic E-state index is 0.714. The number of unbranched alkanes of at least 4 members (excludes halogenated alkanes) is 1. The van der Waals surface area contributed by atoms with Crippen molar-refractivity contribution in [1.29, 1.82) is 0 Å². The van der Waals surface area contributed by atoms with Crippen LogP contribution in [-0.2, 0) is 0 Å². The molecule has 0 aliphatic heterocycles. The quantitative estimate of drug-likeness (QED) is 0.328. The Hall–Kier alpha value is -0.700. The summed E-state index contributed by atoms with van der Waals surface area (Å²) in [5, 5.41) is 0. The molecular weight excluding hydrogens is 240 g/mol. The molecule has 0 amide bonds. The van der Waals surface area contributed by atoms with Crippen LogP contribution >= 0.6 is 0 Å². The van der Waals surface area contributed by atoms with Crippen LogP contribution in [0.1, 0.15) is 77.6 Å². The van der Waals surface area contributed by atoms with Gasteiger partial charge >= 0.3 is 0 Å². The molecule has 0 radical (unpaired) electrons. The summed E-state index contributed by atoms with van der Waals surface area (Å²) in [6.07, 6.45) is 17.7. The molecule has 0 bridgehead atoms. The Kier molecular flexibility index (Phi) is 6.71. The monoisotopic (exact) mass is 272 g/mol. The molecule has 0 N–H and O–H groups in total. The fraction of sp³-hybridized carbons (Fsp3) is 0.800. The van der Waals surface area contributed by atoms with Crippen molar-refractivity contribution in [3.8, 4) is 11.8 Å². The lowest BCUT2D eigenvalue weighted by Gasteiger charge is -2.37. The topological polar surface area (TPSA) is 0 Å². The SMILES string of the molecule is C=CCCCC1CCC(C2CCC(C#CC)CC2)CC1. The molecule has 0 nitrogen and oxygen atoms in total. The largest absolute Gasteiger partial charge is 0.106 e. The number of hydrogen-bond donors (Lipinski definition) is 0. The molecule has 2 aliphatic rings. The first-order valence-electron chi connectivity index (χ1n) is 8.86. The van der Waals surface area contributed by atoms with Gasteiger partial charge in [-0.25, -0.2) is 0 Å². The van der Waals surface area contributed by atoms with Gasteiger partial charge in [-0.15, -0.1) is 18.4 Å². The fourth-order valence-corrected chi connectivity index (χ4v) is 4.44. The highest BCUT2D eigenvalue weighted by atomic mass is 14.3. The van der Waals surface area contributed by atoms with Gasteiger partial charge in [-0.1, -0.05) is 25.3 Å². The normalized spacial score (nSPS) is 34.0. The summed E-state index contributed by atoms with van der Waals surface area (Å²) in [4.78, 5) is 0. The highest BCUT2D eigenvalue weighted by Crippen LogP contribution is 2.42. The average Bonchev–Trinajstić information content (AvgIpc) is 2.49. The van der Waals surface area contributed by atoms with E-state index in [4.69, 9.17) is 0 Å². The third-order valence-electron chi connectivity index (χ3n) is 5.70. The smallest absolute Gasteiger partial charge is 0.0203 e. The van der Waals surface area contributed by atoms with Crippen LogP contribution in [-0.4, -0.2) is 0 Å². The van der Waals surface area contributed by atoms with Gasteiger partial charge in [0.05, 0.1) is 0 Å². The van der Waals surface area contributed by atoms with Crippen molar-refractivity contribution in [2.24, 2.45) is 23.7 Å². The van der Waals surface area contributed by atoms with Gasteiger partial charge in [0.1, 0.15) is 0 Å². The summed E-state index contributed by atoms with van der Waals surface area (Å²) in [6, 6.07) is 0. The van der Waals surface area contributed by atoms with E-state index in [2.05, 4.69) is 24.5 Å². The molecule has 2 aliphatic carbocycles. The molecule has 2 fully saturated rings. The van der Waals surface area contributed by atoms with Crippen LogP contribution in [0.5, 0.6) is 0 Å². The van der Waals surface area contributed by atoms with E-state index < -0.39 is 0 Å². The van der Waals surface area contributed by atoms with Crippen LogP contribution < -0.4 is 0 Å². The van der Waals surface area contributed by atoms with Crippen LogP contribution in [0.3, 0.4) is 0 Å². The maximum Gasteiger partial charge on any atom is 0.0203 e. The summed E-state index contributed by atoms with van der Waals surface area (Å²) >= 11 is 0. The van der Waals surface area contributed by atoms with E-state index in [1.807, 2.05) is 6.92 Å². The molecule has 112 valence electrons. The van der Waals surface area contributed by atoms with Crippen LogP contribution in [0, 0.1) is 35.5 Å². The molecule has 0 aromatic rings. The zero-order valence-electron chi connectivity index (χ0n) is 13.4.